The molecule has 0 N–H and O–H groups in total. The van der Waals surface area contributed by atoms with Crippen LogP contribution in [0.25, 0.3) is 133 Å². The Kier molecular flexibility index (Phi) is 12.8. The lowest BCUT2D eigenvalue weighted by atomic mass is 9.87. The first kappa shape index (κ1) is 54.9. The maximum absolute atomic E-state index is 7.59. The Balaban J connectivity index is 0.868. The van der Waals surface area contributed by atoms with Gasteiger partial charge in [0.2, 0.25) is 0 Å². The van der Waals surface area contributed by atoms with Gasteiger partial charge >= 0.3 is 0 Å². The fourth-order valence-electron chi connectivity index (χ4n) is 15.1. The first-order valence-electron chi connectivity index (χ1n) is 32.4. The van der Waals surface area contributed by atoms with Gasteiger partial charge in [0.05, 0.1) is 44.8 Å². The highest BCUT2D eigenvalue weighted by Crippen LogP contribution is 2.54. The van der Waals surface area contributed by atoms with Crippen molar-refractivity contribution in [2.75, 3.05) is 16.5 Å². The Hall–Kier alpha value is -12.0. The molecule has 2 aliphatic heterocycles. The van der Waals surface area contributed by atoms with Gasteiger partial charge in [-0.15, -0.1) is 0 Å². The molecule has 13 aromatic carbocycles. The SMILES string of the molecule is CC(C)(C)c1ccnc(-n2c3cc(Oc4cc(-c5c(-c6ccccc6)cccc5-c5ccccc5)cc(N5CN(c6c(-c7ccccc7)cccc6-c6ccccc6)c6ccccc65)c4)ccc3c3c4c(ccc32)-n2c3ccccc3c3cccc(c32)-c2ccccc2-4)c1. The van der Waals surface area contributed by atoms with Crippen molar-refractivity contribution in [2.24, 2.45) is 0 Å². The number of aromatic nitrogens is 3. The number of para-hydroxylation sites is 5. The molecule has 0 fully saturated rings. The van der Waals surface area contributed by atoms with Crippen molar-refractivity contribution in [3.8, 4) is 101 Å². The van der Waals surface area contributed by atoms with Crippen LogP contribution < -0.4 is 14.5 Å². The minimum absolute atomic E-state index is 0.127. The minimum atomic E-state index is -0.127. The minimum Gasteiger partial charge on any atom is -0.457 e. The van der Waals surface area contributed by atoms with Gasteiger partial charge in [0, 0.05) is 67.8 Å². The number of hydrogen-bond acceptors (Lipinski definition) is 4. The fraction of sp³-hybridized carbons (Fsp3) is 0.0568. The summed E-state index contributed by atoms with van der Waals surface area (Å²) < 4.78 is 12.5. The smallest absolute Gasteiger partial charge is 0.137 e. The van der Waals surface area contributed by atoms with E-state index in [0.29, 0.717) is 18.2 Å². The van der Waals surface area contributed by atoms with E-state index in [2.05, 4.69) is 349 Å². The molecule has 446 valence electrons. The van der Waals surface area contributed by atoms with Crippen molar-refractivity contribution in [3.05, 3.63) is 321 Å². The summed E-state index contributed by atoms with van der Waals surface area (Å²) in [4.78, 5) is 10.2. The third kappa shape index (κ3) is 8.89. The van der Waals surface area contributed by atoms with Gasteiger partial charge in [0.15, 0.2) is 0 Å². The zero-order valence-electron chi connectivity index (χ0n) is 52.4. The van der Waals surface area contributed by atoms with E-state index < -0.39 is 0 Å². The van der Waals surface area contributed by atoms with Crippen LogP contribution in [-0.2, 0) is 5.41 Å². The van der Waals surface area contributed by atoms with Gasteiger partial charge in [-0.3, -0.25) is 4.57 Å². The lowest BCUT2D eigenvalue weighted by Gasteiger charge is -2.27. The number of anilines is 4. The van der Waals surface area contributed by atoms with Crippen LogP contribution in [-0.4, -0.2) is 20.8 Å². The molecule has 18 rings (SSSR count). The largest absolute Gasteiger partial charge is 0.457 e. The molecule has 3 aromatic heterocycles. The maximum atomic E-state index is 7.59. The van der Waals surface area contributed by atoms with Gasteiger partial charge in [-0.25, -0.2) is 4.98 Å². The second-order valence-electron chi connectivity index (χ2n) is 25.8. The summed E-state index contributed by atoms with van der Waals surface area (Å²) in [5, 5.41) is 4.74. The number of benzene rings is 13. The highest BCUT2D eigenvalue weighted by Gasteiger charge is 2.34. The van der Waals surface area contributed by atoms with Crippen molar-refractivity contribution in [3.63, 3.8) is 0 Å². The van der Waals surface area contributed by atoms with Crippen molar-refractivity contribution in [1.82, 2.24) is 14.1 Å². The molecule has 16 aromatic rings. The normalized spacial score (nSPS) is 12.5. The van der Waals surface area contributed by atoms with E-state index in [1.54, 1.807) is 0 Å². The maximum Gasteiger partial charge on any atom is 0.137 e. The van der Waals surface area contributed by atoms with Gasteiger partial charge in [-0.1, -0.05) is 251 Å². The highest BCUT2D eigenvalue weighted by molar-refractivity contribution is 6.23. The first-order chi connectivity index (χ1) is 46.3. The van der Waals surface area contributed by atoms with Crippen LogP contribution in [0.3, 0.4) is 0 Å². The summed E-state index contributed by atoms with van der Waals surface area (Å²) in [5.74, 6) is 2.26. The fourth-order valence-corrected chi connectivity index (χ4v) is 15.1. The van der Waals surface area contributed by atoms with E-state index in [9.17, 15) is 0 Å². The van der Waals surface area contributed by atoms with Crippen LogP contribution in [0.5, 0.6) is 11.5 Å². The number of nitrogens with zero attached hydrogens (tertiary/aromatic N) is 5. The van der Waals surface area contributed by atoms with Crippen LogP contribution in [0.1, 0.15) is 26.3 Å². The van der Waals surface area contributed by atoms with E-state index in [1.165, 1.54) is 49.6 Å². The number of hydrogen-bond donors (Lipinski definition) is 0. The van der Waals surface area contributed by atoms with E-state index in [0.717, 1.165) is 112 Å². The molecule has 0 bridgehead atoms. The lowest BCUT2D eigenvalue weighted by Crippen LogP contribution is -2.25. The summed E-state index contributed by atoms with van der Waals surface area (Å²) in [6, 6.07) is 113. The topological polar surface area (TPSA) is 38.5 Å². The molecule has 94 heavy (non-hydrogen) atoms. The Morgan fingerprint density at radius 3 is 1.56 bits per heavy atom. The van der Waals surface area contributed by atoms with Crippen molar-refractivity contribution in [2.45, 2.75) is 26.2 Å². The number of rotatable bonds is 10. The summed E-state index contributed by atoms with van der Waals surface area (Å²) in [7, 11) is 0. The molecule has 5 heterocycles. The van der Waals surface area contributed by atoms with Crippen LogP contribution in [0.4, 0.5) is 22.7 Å². The average Bonchev–Trinajstić information content (AvgIpc) is 1.54. The van der Waals surface area contributed by atoms with Gasteiger partial charge in [0.1, 0.15) is 24.0 Å². The van der Waals surface area contributed by atoms with Crippen LogP contribution in [0.15, 0.2) is 316 Å². The Morgan fingerprint density at radius 2 is 0.894 bits per heavy atom. The third-order valence-electron chi connectivity index (χ3n) is 19.3. The van der Waals surface area contributed by atoms with Crippen molar-refractivity contribution < 1.29 is 4.74 Å². The first-order valence-corrected chi connectivity index (χ1v) is 32.4. The quantitative estimate of drug-likeness (QED) is 0.137. The standard InChI is InChI=1S/C88H63N5O/c1-88(2,3)62-49-50-89-82(53-62)92-79-47-48-80-84(72-35-17-16-33-70(72)73-40-24-41-74-71-34-18-19-42-76(71)93(80)87(73)74)85(79)75-46-45-64(55-81(75)92)94-65-52-61(83-66(57-25-8-4-9-26-57)36-22-37-67(83)58-27-10-5-11-28-58)51-63(54-65)90-56-91(78-44-21-20-43-77(78)90)86-68(59-29-12-6-13-30-59)38-23-39-69(86)60-31-14-7-15-32-60/h4-55H,56H2,1-3H3. The zero-order chi connectivity index (χ0) is 62.6. The molecule has 0 saturated carbocycles. The summed E-state index contributed by atoms with van der Waals surface area (Å²) in [5.41, 5.74) is 27.1. The summed E-state index contributed by atoms with van der Waals surface area (Å²) >= 11 is 0. The van der Waals surface area contributed by atoms with E-state index in [-0.39, 0.29) is 5.41 Å². The van der Waals surface area contributed by atoms with Gasteiger partial charge in [-0.2, -0.15) is 0 Å². The molecule has 0 amide bonds. The van der Waals surface area contributed by atoms with Gasteiger partial charge in [-0.05, 0) is 133 Å². The Morgan fingerprint density at radius 1 is 0.340 bits per heavy atom. The molecule has 0 unspecified atom stereocenters. The van der Waals surface area contributed by atoms with E-state index in [4.69, 9.17) is 9.72 Å². The molecule has 0 spiro atoms. The van der Waals surface area contributed by atoms with Crippen LogP contribution >= 0.6 is 0 Å². The molecule has 6 nitrogen and oxygen atoms in total. The summed E-state index contributed by atoms with van der Waals surface area (Å²) in [6.45, 7) is 7.35. The zero-order valence-corrected chi connectivity index (χ0v) is 52.4. The van der Waals surface area contributed by atoms with Crippen molar-refractivity contribution >= 4 is 66.4 Å². The van der Waals surface area contributed by atoms with E-state index in [1.807, 2.05) is 6.20 Å². The third-order valence-corrected chi connectivity index (χ3v) is 19.3. The predicted octanol–water partition coefficient (Wildman–Crippen LogP) is 23.6. The molecular formula is C88H63N5O. The monoisotopic (exact) mass is 1210 g/mol. The highest BCUT2D eigenvalue weighted by atomic mass is 16.5. The molecule has 0 atom stereocenters. The molecule has 0 radical (unpaired) electrons. The molecule has 0 saturated heterocycles. The van der Waals surface area contributed by atoms with Gasteiger partial charge < -0.3 is 19.1 Å². The number of pyridine rings is 1. The average molecular weight is 1210 g/mol. The van der Waals surface area contributed by atoms with Gasteiger partial charge in [0.25, 0.3) is 0 Å². The molecule has 6 heteroatoms. The van der Waals surface area contributed by atoms with Crippen LogP contribution in [0.2, 0.25) is 0 Å². The predicted molar refractivity (Wildman–Crippen MR) is 392 cm³/mol. The molecule has 2 aliphatic rings. The number of fused-ring (bicyclic) bond motifs is 13. The summed E-state index contributed by atoms with van der Waals surface area (Å²) in [6.07, 6.45) is 1.97. The Bertz CT molecular complexity index is 5550. The second kappa shape index (κ2) is 21.9. The number of ether oxygens (including phenoxy) is 1. The Labute approximate surface area is 546 Å². The van der Waals surface area contributed by atoms with E-state index >= 15 is 0 Å². The molecule has 0 aliphatic carbocycles. The van der Waals surface area contributed by atoms with Crippen molar-refractivity contribution in [1.29, 1.82) is 0 Å². The van der Waals surface area contributed by atoms with Crippen LogP contribution in [0, 0.1) is 0 Å². The molecular weight excluding hydrogens is 1140 g/mol. The lowest BCUT2D eigenvalue weighted by molar-refractivity contribution is 0.483. The second-order valence-corrected chi connectivity index (χ2v) is 25.8.